The lowest BCUT2D eigenvalue weighted by Gasteiger charge is -2.05. The number of aromatic nitrogens is 3. The van der Waals surface area contributed by atoms with Gasteiger partial charge in [0.05, 0.1) is 11.9 Å². The van der Waals surface area contributed by atoms with Gasteiger partial charge in [-0.25, -0.2) is 4.98 Å². The molecule has 1 aromatic carbocycles. The second kappa shape index (κ2) is 4.62. The molecule has 2 heterocycles. The summed E-state index contributed by atoms with van der Waals surface area (Å²) in [6, 6.07) is 9.93. The lowest BCUT2D eigenvalue weighted by atomic mass is 10.1. The highest BCUT2D eigenvalue weighted by molar-refractivity contribution is 9.10. The second-order valence-corrected chi connectivity index (χ2v) is 5.29. The van der Waals surface area contributed by atoms with Crippen LogP contribution in [0.25, 0.3) is 16.8 Å². The molecule has 20 heavy (non-hydrogen) atoms. The molecule has 0 bridgehead atoms. The van der Waals surface area contributed by atoms with Crippen molar-refractivity contribution in [2.75, 3.05) is 5.73 Å². The third kappa shape index (κ3) is 1.84. The maximum absolute atomic E-state index is 9.10. The van der Waals surface area contributed by atoms with Crippen molar-refractivity contribution in [1.82, 2.24) is 14.6 Å². The van der Waals surface area contributed by atoms with Crippen LogP contribution in [0.15, 0.2) is 34.9 Å². The molecule has 5 nitrogen and oxygen atoms in total. The van der Waals surface area contributed by atoms with Gasteiger partial charge in [-0.15, -0.1) is 0 Å². The fraction of sp³-hybridized carbons (Fsp3) is 0.0714. The van der Waals surface area contributed by atoms with E-state index in [-0.39, 0.29) is 0 Å². The summed E-state index contributed by atoms with van der Waals surface area (Å²) in [5, 5.41) is 13.3. The van der Waals surface area contributed by atoms with Crippen LogP contribution < -0.4 is 5.73 Å². The van der Waals surface area contributed by atoms with E-state index in [1.807, 2.05) is 24.3 Å². The number of aryl methyl sites for hydroxylation is 1. The maximum atomic E-state index is 9.10. The van der Waals surface area contributed by atoms with Crippen molar-refractivity contribution in [1.29, 1.82) is 5.26 Å². The first-order chi connectivity index (χ1) is 9.61. The fourth-order valence-corrected chi connectivity index (χ4v) is 2.53. The molecule has 3 aromatic rings. The van der Waals surface area contributed by atoms with Gasteiger partial charge >= 0.3 is 0 Å². The first-order valence-electron chi connectivity index (χ1n) is 5.91. The fourth-order valence-electron chi connectivity index (χ4n) is 2.13. The number of rotatable bonds is 1. The molecule has 0 unspecified atom stereocenters. The van der Waals surface area contributed by atoms with Crippen LogP contribution in [-0.2, 0) is 0 Å². The molecule has 0 saturated carbocycles. The number of hydrogen-bond acceptors (Lipinski definition) is 4. The van der Waals surface area contributed by atoms with Crippen LogP contribution in [0.3, 0.4) is 0 Å². The molecule has 98 valence electrons. The third-order valence-electron chi connectivity index (χ3n) is 3.11. The Morgan fingerprint density at radius 2 is 2.20 bits per heavy atom. The monoisotopic (exact) mass is 327 g/mol. The van der Waals surface area contributed by atoms with Crippen LogP contribution in [-0.4, -0.2) is 14.6 Å². The van der Waals surface area contributed by atoms with Crippen molar-refractivity contribution in [2.24, 2.45) is 0 Å². The maximum Gasteiger partial charge on any atom is 0.165 e. The normalized spacial score (nSPS) is 10.7. The molecule has 6 heteroatoms. The zero-order chi connectivity index (χ0) is 14.3. The SMILES string of the molecule is Cc1nc2c(-c3cccc(Br)c3)cnn2c(N)c1C#N. The van der Waals surface area contributed by atoms with Gasteiger partial charge in [0.2, 0.25) is 0 Å². The van der Waals surface area contributed by atoms with Crippen LogP contribution in [0.2, 0.25) is 0 Å². The molecule has 0 aliphatic heterocycles. The van der Waals surface area contributed by atoms with Gasteiger partial charge in [0.25, 0.3) is 0 Å². The summed E-state index contributed by atoms with van der Waals surface area (Å²) in [5.74, 6) is 0.316. The van der Waals surface area contributed by atoms with Crippen molar-refractivity contribution in [2.45, 2.75) is 6.92 Å². The zero-order valence-corrected chi connectivity index (χ0v) is 12.2. The molecule has 0 amide bonds. The minimum absolute atomic E-state index is 0.316. The average molecular weight is 328 g/mol. The van der Waals surface area contributed by atoms with Gasteiger partial charge < -0.3 is 5.73 Å². The van der Waals surface area contributed by atoms with E-state index in [4.69, 9.17) is 11.0 Å². The van der Waals surface area contributed by atoms with Crippen LogP contribution in [0, 0.1) is 18.3 Å². The smallest absolute Gasteiger partial charge is 0.165 e. The van der Waals surface area contributed by atoms with Gasteiger partial charge in [-0.2, -0.15) is 14.9 Å². The molecule has 0 aliphatic rings. The number of benzene rings is 1. The Balaban J connectivity index is 2.33. The second-order valence-electron chi connectivity index (χ2n) is 4.37. The van der Waals surface area contributed by atoms with Crippen LogP contribution in [0.5, 0.6) is 0 Å². The zero-order valence-electron chi connectivity index (χ0n) is 10.6. The lowest BCUT2D eigenvalue weighted by molar-refractivity contribution is 0.937. The molecule has 0 spiro atoms. The Bertz CT molecular complexity index is 860. The molecule has 0 fully saturated rings. The molecular weight excluding hydrogens is 318 g/mol. The van der Waals surface area contributed by atoms with Crippen molar-refractivity contribution < 1.29 is 0 Å². The number of nitrogens with zero attached hydrogens (tertiary/aromatic N) is 4. The van der Waals surface area contributed by atoms with Crippen LogP contribution in [0.1, 0.15) is 11.3 Å². The van der Waals surface area contributed by atoms with Crippen molar-refractivity contribution in [3.63, 3.8) is 0 Å². The van der Waals surface area contributed by atoms with E-state index in [1.54, 1.807) is 13.1 Å². The summed E-state index contributed by atoms with van der Waals surface area (Å²) in [6.45, 7) is 1.77. The molecule has 3 rings (SSSR count). The molecule has 0 atom stereocenters. The van der Waals surface area contributed by atoms with Crippen molar-refractivity contribution >= 4 is 27.4 Å². The number of halogens is 1. The Hall–Kier alpha value is -2.39. The summed E-state index contributed by atoms with van der Waals surface area (Å²) in [6.07, 6.45) is 1.71. The number of anilines is 1. The summed E-state index contributed by atoms with van der Waals surface area (Å²) < 4.78 is 2.48. The molecule has 0 saturated heterocycles. The van der Waals surface area contributed by atoms with Crippen molar-refractivity contribution in [3.05, 3.63) is 46.2 Å². The summed E-state index contributed by atoms with van der Waals surface area (Å²) in [7, 11) is 0. The summed E-state index contributed by atoms with van der Waals surface area (Å²) in [5.41, 5.74) is 9.47. The van der Waals surface area contributed by atoms with E-state index in [2.05, 4.69) is 32.1 Å². The van der Waals surface area contributed by atoms with E-state index in [1.165, 1.54) is 4.52 Å². The summed E-state index contributed by atoms with van der Waals surface area (Å²) >= 11 is 3.45. The van der Waals surface area contributed by atoms with Crippen molar-refractivity contribution in [3.8, 4) is 17.2 Å². The Morgan fingerprint density at radius 1 is 1.40 bits per heavy atom. The Kier molecular flexibility index (Phi) is 2.92. The highest BCUT2D eigenvalue weighted by Crippen LogP contribution is 2.28. The van der Waals surface area contributed by atoms with Gasteiger partial charge in [-0.3, -0.25) is 0 Å². The number of fused-ring (bicyclic) bond motifs is 1. The molecular formula is C14H10BrN5. The topological polar surface area (TPSA) is 80.0 Å². The van der Waals surface area contributed by atoms with E-state index in [0.717, 1.165) is 15.6 Å². The molecule has 0 radical (unpaired) electrons. The van der Waals surface area contributed by atoms with Crippen LogP contribution in [0.4, 0.5) is 5.82 Å². The van der Waals surface area contributed by atoms with E-state index in [9.17, 15) is 0 Å². The van der Waals surface area contributed by atoms with Crippen LogP contribution >= 0.6 is 15.9 Å². The first-order valence-corrected chi connectivity index (χ1v) is 6.71. The average Bonchev–Trinajstić information content (AvgIpc) is 2.83. The van der Waals surface area contributed by atoms with Gasteiger partial charge in [0.1, 0.15) is 17.5 Å². The highest BCUT2D eigenvalue weighted by atomic mass is 79.9. The Labute approximate surface area is 123 Å². The number of nitrogen functional groups attached to an aromatic ring is 1. The lowest BCUT2D eigenvalue weighted by Crippen LogP contribution is -2.06. The number of nitrogens with two attached hydrogens (primary N) is 1. The predicted molar refractivity (Wildman–Crippen MR) is 80.0 cm³/mol. The van der Waals surface area contributed by atoms with E-state index >= 15 is 0 Å². The first kappa shape index (κ1) is 12.6. The molecule has 2 N–H and O–H groups in total. The summed E-state index contributed by atoms with van der Waals surface area (Å²) in [4.78, 5) is 4.46. The minimum atomic E-state index is 0.316. The highest BCUT2D eigenvalue weighted by Gasteiger charge is 2.15. The van der Waals surface area contributed by atoms with Gasteiger partial charge in [0, 0.05) is 10.0 Å². The van der Waals surface area contributed by atoms with Gasteiger partial charge in [-0.05, 0) is 24.6 Å². The molecule has 2 aromatic heterocycles. The van der Waals surface area contributed by atoms with E-state index in [0.29, 0.717) is 22.7 Å². The standard InChI is InChI=1S/C14H10BrN5/c1-8-11(6-16)13(17)20-14(19-8)12(7-18-20)9-3-2-4-10(15)5-9/h2-5,7H,17H2,1H3. The van der Waals surface area contributed by atoms with Gasteiger partial charge in [0.15, 0.2) is 5.65 Å². The van der Waals surface area contributed by atoms with E-state index < -0.39 is 0 Å². The molecule has 0 aliphatic carbocycles. The minimum Gasteiger partial charge on any atom is -0.382 e. The number of nitriles is 1. The third-order valence-corrected chi connectivity index (χ3v) is 3.60. The van der Waals surface area contributed by atoms with Gasteiger partial charge in [-0.1, -0.05) is 28.1 Å². The number of hydrogen-bond donors (Lipinski definition) is 1. The largest absolute Gasteiger partial charge is 0.382 e. The predicted octanol–water partition coefficient (Wildman–Crippen LogP) is 2.92. The Morgan fingerprint density at radius 3 is 2.90 bits per heavy atom. The quantitative estimate of drug-likeness (QED) is 0.745.